The van der Waals surface area contributed by atoms with Gasteiger partial charge in [0.05, 0.1) is 5.52 Å². The smallest absolute Gasteiger partial charge is 0.152 e. The highest BCUT2D eigenvalue weighted by Crippen LogP contribution is 2.17. The van der Waals surface area contributed by atoms with Gasteiger partial charge in [0.1, 0.15) is 5.52 Å². The van der Waals surface area contributed by atoms with Gasteiger partial charge in [0.15, 0.2) is 5.82 Å². The van der Waals surface area contributed by atoms with E-state index in [2.05, 4.69) is 10.3 Å². The Morgan fingerprint density at radius 2 is 2.15 bits per heavy atom. The van der Waals surface area contributed by atoms with Gasteiger partial charge in [0, 0.05) is 6.04 Å². The van der Waals surface area contributed by atoms with Crippen molar-refractivity contribution in [3.05, 3.63) is 24.0 Å². The molecule has 0 fully saturated rings. The van der Waals surface area contributed by atoms with Gasteiger partial charge in [-0.1, -0.05) is 11.3 Å². The molecule has 0 amide bonds. The first-order chi connectivity index (χ1) is 6.20. The fourth-order valence-electron chi connectivity index (χ4n) is 1.31. The van der Waals surface area contributed by atoms with E-state index >= 15 is 0 Å². The van der Waals surface area contributed by atoms with E-state index in [0.29, 0.717) is 5.52 Å². The van der Waals surface area contributed by atoms with Crippen molar-refractivity contribution in [1.82, 2.24) is 15.0 Å². The predicted molar refractivity (Wildman–Crippen MR) is 47.9 cm³/mol. The summed E-state index contributed by atoms with van der Waals surface area (Å²) in [6, 6.07) is 5.08. The summed E-state index contributed by atoms with van der Waals surface area (Å²) in [5.41, 5.74) is 1.09. The van der Waals surface area contributed by atoms with E-state index in [1.807, 2.05) is 19.9 Å². The number of fused-ring (bicyclic) bond motifs is 1. The first-order valence-corrected chi connectivity index (χ1v) is 4.19. The third kappa shape index (κ3) is 1.18. The molecule has 4 heteroatoms. The van der Waals surface area contributed by atoms with Crippen LogP contribution in [0.3, 0.4) is 0 Å². The van der Waals surface area contributed by atoms with Crippen molar-refractivity contribution in [1.29, 1.82) is 0 Å². The average molecular weight is 179 g/mol. The van der Waals surface area contributed by atoms with E-state index in [4.69, 9.17) is 0 Å². The van der Waals surface area contributed by atoms with Gasteiger partial charge in [0.2, 0.25) is 0 Å². The van der Waals surface area contributed by atoms with Gasteiger partial charge in [-0.25, -0.2) is 9.07 Å². The Morgan fingerprint density at radius 1 is 1.38 bits per heavy atom. The van der Waals surface area contributed by atoms with Crippen LogP contribution in [0.25, 0.3) is 11.0 Å². The highest BCUT2D eigenvalue weighted by Gasteiger charge is 2.09. The molecule has 0 spiro atoms. The summed E-state index contributed by atoms with van der Waals surface area (Å²) in [6.45, 7) is 3.97. The minimum atomic E-state index is -0.315. The lowest BCUT2D eigenvalue weighted by atomic mass is 10.3. The van der Waals surface area contributed by atoms with Crippen molar-refractivity contribution < 1.29 is 4.39 Å². The molecule has 1 aromatic carbocycles. The number of rotatable bonds is 1. The van der Waals surface area contributed by atoms with Gasteiger partial charge in [-0.2, -0.15) is 0 Å². The predicted octanol–water partition coefficient (Wildman–Crippen LogP) is 2.15. The normalized spacial score (nSPS) is 11.4. The molecule has 0 unspecified atom stereocenters. The SMILES string of the molecule is CC(C)n1nnc2c(F)cccc21. The van der Waals surface area contributed by atoms with Crippen molar-refractivity contribution >= 4 is 11.0 Å². The molecule has 0 atom stereocenters. The zero-order valence-electron chi connectivity index (χ0n) is 7.53. The van der Waals surface area contributed by atoms with E-state index in [-0.39, 0.29) is 11.9 Å². The van der Waals surface area contributed by atoms with Gasteiger partial charge in [0.25, 0.3) is 0 Å². The monoisotopic (exact) mass is 179 g/mol. The van der Waals surface area contributed by atoms with Crippen LogP contribution in [0, 0.1) is 5.82 Å². The lowest BCUT2D eigenvalue weighted by Gasteiger charge is -2.04. The molecule has 0 N–H and O–H groups in total. The zero-order valence-corrected chi connectivity index (χ0v) is 7.53. The van der Waals surface area contributed by atoms with Crippen LogP contribution in [-0.4, -0.2) is 15.0 Å². The fourth-order valence-corrected chi connectivity index (χ4v) is 1.31. The number of hydrogen-bond donors (Lipinski definition) is 0. The van der Waals surface area contributed by atoms with Crippen molar-refractivity contribution in [3.8, 4) is 0 Å². The largest absolute Gasteiger partial charge is 0.242 e. The van der Waals surface area contributed by atoms with Crippen LogP contribution in [0.4, 0.5) is 4.39 Å². The van der Waals surface area contributed by atoms with E-state index in [1.165, 1.54) is 6.07 Å². The third-order valence-electron chi connectivity index (χ3n) is 1.94. The summed E-state index contributed by atoms with van der Waals surface area (Å²) in [5.74, 6) is -0.315. The standard InChI is InChI=1S/C9H10FN3/c1-6(2)13-8-5-3-4-7(10)9(8)11-12-13/h3-6H,1-2H3. The molecule has 0 aliphatic rings. The molecule has 0 aliphatic heterocycles. The first kappa shape index (κ1) is 8.16. The summed E-state index contributed by atoms with van der Waals surface area (Å²) in [5, 5.41) is 7.66. The van der Waals surface area contributed by atoms with Gasteiger partial charge < -0.3 is 0 Å². The van der Waals surface area contributed by atoms with Gasteiger partial charge >= 0.3 is 0 Å². The maximum atomic E-state index is 13.1. The van der Waals surface area contributed by atoms with Gasteiger partial charge in [-0.15, -0.1) is 5.10 Å². The fraction of sp³-hybridized carbons (Fsp3) is 0.333. The molecule has 0 radical (unpaired) electrons. The molecule has 3 nitrogen and oxygen atoms in total. The van der Waals surface area contributed by atoms with E-state index in [1.54, 1.807) is 10.7 Å². The van der Waals surface area contributed by atoms with Crippen LogP contribution in [0.1, 0.15) is 19.9 Å². The molecule has 1 heterocycles. The summed E-state index contributed by atoms with van der Waals surface area (Å²) in [4.78, 5) is 0. The Kier molecular flexibility index (Phi) is 1.76. The molecule has 0 bridgehead atoms. The molecule has 68 valence electrons. The highest BCUT2D eigenvalue weighted by molar-refractivity contribution is 5.74. The summed E-state index contributed by atoms with van der Waals surface area (Å²) in [6.07, 6.45) is 0. The molecule has 0 saturated heterocycles. The number of hydrogen-bond acceptors (Lipinski definition) is 2. The molecular weight excluding hydrogens is 169 g/mol. The second-order valence-electron chi connectivity index (χ2n) is 3.24. The molecule has 2 rings (SSSR count). The Labute approximate surface area is 75.2 Å². The van der Waals surface area contributed by atoms with Gasteiger partial charge in [-0.3, -0.25) is 0 Å². The van der Waals surface area contributed by atoms with Crippen LogP contribution in [-0.2, 0) is 0 Å². The Balaban J connectivity index is 2.75. The Hall–Kier alpha value is -1.45. The van der Waals surface area contributed by atoms with Crippen LogP contribution in [0.2, 0.25) is 0 Å². The van der Waals surface area contributed by atoms with E-state index < -0.39 is 0 Å². The van der Waals surface area contributed by atoms with Crippen LogP contribution in [0.5, 0.6) is 0 Å². The Bertz CT molecular complexity index is 433. The van der Waals surface area contributed by atoms with Crippen molar-refractivity contribution in [2.75, 3.05) is 0 Å². The summed E-state index contributed by atoms with van der Waals surface area (Å²) >= 11 is 0. The number of nitrogens with zero attached hydrogens (tertiary/aromatic N) is 3. The second kappa shape index (κ2) is 2.80. The topological polar surface area (TPSA) is 30.7 Å². The minimum Gasteiger partial charge on any atom is -0.242 e. The van der Waals surface area contributed by atoms with Crippen LogP contribution < -0.4 is 0 Å². The van der Waals surface area contributed by atoms with Crippen molar-refractivity contribution in [3.63, 3.8) is 0 Å². The van der Waals surface area contributed by atoms with Crippen LogP contribution in [0.15, 0.2) is 18.2 Å². The molecular formula is C9H10FN3. The molecule has 1 aromatic heterocycles. The third-order valence-corrected chi connectivity index (χ3v) is 1.94. The lowest BCUT2D eigenvalue weighted by Crippen LogP contribution is -2.02. The lowest BCUT2D eigenvalue weighted by molar-refractivity contribution is 0.530. The summed E-state index contributed by atoms with van der Waals surface area (Å²) < 4.78 is 14.9. The quantitative estimate of drug-likeness (QED) is 0.671. The van der Waals surface area contributed by atoms with E-state index in [0.717, 1.165) is 5.52 Å². The van der Waals surface area contributed by atoms with Crippen molar-refractivity contribution in [2.45, 2.75) is 19.9 Å². The minimum absolute atomic E-state index is 0.201. The maximum Gasteiger partial charge on any atom is 0.152 e. The van der Waals surface area contributed by atoms with E-state index in [9.17, 15) is 4.39 Å². The molecule has 13 heavy (non-hydrogen) atoms. The molecule has 0 saturated carbocycles. The highest BCUT2D eigenvalue weighted by atomic mass is 19.1. The Morgan fingerprint density at radius 3 is 2.85 bits per heavy atom. The number of halogens is 1. The summed E-state index contributed by atoms with van der Waals surface area (Å²) in [7, 11) is 0. The number of aromatic nitrogens is 3. The molecule has 0 aliphatic carbocycles. The zero-order chi connectivity index (χ0) is 9.42. The maximum absolute atomic E-state index is 13.1. The number of benzene rings is 1. The van der Waals surface area contributed by atoms with Gasteiger partial charge in [-0.05, 0) is 26.0 Å². The average Bonchev–Trinajstić information content (AvgIpc) is 2.48. The second-order valence-corrected chi connectivity index (χ2v) is 3.24. The molecule has 2 aromatic rings. The first-order valence-electron chi connectivity index (χ1n) is 4.19. The van der Waals surface area contributed by atoms with Crippen LogP contribution >= 0.6 is 0 Å². The van der Waals surface area contributed by atoms with Crippen molar-refractivity contribution in [2.24, 2.45) is 0 Å².